The topological polar surface area (TPSA) is 44.0 Å². The van der Waals surface area contributed by atoms with Crippen LogP contribution in [-0.4, -0.2) is 5.11 Å². The summed E-state index contributed by atoms with van der Waals surface area (Å²) >= 11 is 0. The number of rotatable bonds is 6. The molecule has 0 unspecified atom stereocenters. The smallest absolute Gasteiger partial charge is 0.144 e. The lowest BCUT2D eigenvalue weighted by Gasteiger charge is -2.13. The van der Waals surface area contributed by atoms with E-state index in [4.69, 9.17) is 5.26 Å². The molecular formula is C24H19F4NO. The van der Waals surface area contributed by atoms with Gasteiger partial charge in [-0.15, -0.1) is 0 Å². The molecular weight excluding hydrogens is 394 g/mol. The van der Waals surface area contributed by atoms with E-state index in [1.807, 2.05) is 19.1 Å². The fourth-order valence-corrected chi connectivity index (χ4v) is 3.42. The normalized spacial score (nSPS) is 10.8. The van der Waals surface area contributed by atoms with Crippen molar-refractivity contribution in [2.24, 2.45) is 0 Å². The van der Waals surface area contributed by atoms with Crippen LogP contribution in [0.15, 0.2) is 42.5 Å². The molecule has 3 aromatic rings. The number of hydrogen-bond acceptors (Lipinski definition) is 2. The Morgan fingerprint density at radius 2 is 1.47 bits per heavy atom. The molecule has 3 aromatic carbocycles. The minimum atomic E-state index is -1.02. The van der Waals surface area contributed by atoms with Crippen LogP contribution in [0.5, 0.6) is 5.75 Å². The van der Waals surface area contributed by atoms with Gasteiger partial charge in [0.25, 0.3) is 0 Å². The number of nitriles is 1. The molecule has 0 spiro atoms. The summed E-state index contributed by atoms with van der Waals surface area (Å²) in [7, 11) is 0. The van der Waals surface area contributed by atoms with Gasteiger partial charge in [-0.1, -0.05) is 37.6 Å². The van der Waals surface area contributed by atoms with Crippen molar-refractivity contribution in [3.63, 3.8) is 0 Å². The number of aromatic hydroxyl groups is 1. The summed E-state index contributed by atoms with van der Waals surface area (Å²) in [6, 6.07) is 11.2. The maximum absolute atomic E-state index is 15.1. The van der Waals surface area contributed by atoms with Gasteiger partial charge in [0, 0.05) is 11.6 Å². The van der Waals surface area contributed by atoms with Crippen LogP contribution >= 0.6 is 0 Å². The number of benzene rings is 3. The van der Waals surface area contributed by atoms with E-state index in [9.17, 15) is 18.3 Å². The van der Waals surface area contributed by atoms with Crippen molar-refractivity contribution < 1.29 is 22.7 Å². The van der Waals surface area contributed by atoms with Crippen molar-refractivity contribution in [1.82, 2.24) is 0 Å². The minimum absolute atomic E-state index is 0.0486. The highest BCUT2D eigenvalue weighted by atomic mass is 19.1. The maximum Gasteiger partial charge on any atom is 0.144 e. The van der Waals surface area contributed by atoms with Crippen LogP contribution in [0.2, 0.25) is 0 Å². The van der Waals surface area contributed by atoms with E-state index in [-0.39, 0.29) is 29.5 Å². The Kier molecular flexibility index (Phi) is 6.41. The molecule has 0 heterocycles. The lowest BCUT2D eigenvalue weighted by atomic mass is 9.95. The highest BCUT2D eigenvalue weighted by molar-refractivity contribution is 5.72. The predicted molar refractivity (Wildman–Crippen MR) is 106 cm³/mol. The Balaban J connectivity index is 1.93. The van der Waals surface area contributed by atoms with Gasteiger partial charge in [-0.3, -0.25) is 0 Å². The van der Waals surface area contributed by atoms with Crippen molar-refractivity contribution in [2.45, 2.75) is 32.6 Å². The average molecular weight is 413 g/mol. The first kappa shape index (κ1) is 21.4. The standard InChI is InChI=1S/C24H19F4NO/c1-2-3-14-4-7-16(8-5-14)23-22(30)12-21(27)17(24(23)28)9-6-15-10-19(25)18(13-29)20(26)11-15/h4-5,7-8,10-12,30H,2-3,6,9H2,1H3. The molecule has 0 saturated heterocycles. The molecule has 0 amide bonds. The third-order valence-electron chi connectivity index (χ3n) is 4.95. The summed E-state index contributed by atoms with van der Waals surface area (Å²) in [5.41, 5.74) is 0.531. The Hall–Kier alpha value is -3.33. The molecule has 0 aliphatic rings. The molecule has 6 heteroatoms. The van der Waals surface area contributed by atoms with Crippen molar-refractivity contribution in [3.8, 4) is 22.9 Å². The van der Waals surface area contributed by atoms with Gasteiger partial charge in [-0.25, -0.2) is 17.6 Å². The van der Waals surface area contributed by atoms with Crippen LogP contribution in [0.3, 0.4) is 0 Å². The number of aryl methyl sites for hydroxylation is 2. The molecule has 0 saturated carbocycles. The van der Waals surface area contributed by atoms with Gasteiger partial charge in [0.1, 0.15) is 40.7 Å². The first-order chi connectivity index (χ1) is 14.3. The zero-order chi connectivity index (χ0) is 21.8. The second-order valence-electron chi connectivity index (χ2n) is 7.04. The van der Waals surface area contributed by atoms with E-state index < -0.39 is 34.6 Å². The van der Waals surface area contributed by atoms with Gasteiger partial charge in [0.05, 0.1) is 5.56 Å². The number of phenolic OH excluding ortho intramolecular Hbond substituents is 1. The summed E-state index contributed by atoms with van der Waals surface area (Å²) in [6.45, 7) is 2.04. The molecule has 3 rings (SSSR count). The fraction of sp³-hybridized carbons (Fsp3) is 0.208. The Morgan fingerprint density at radius 3 is 2.03 bits per heavy atom. The van der Waals surface area contributed by atoms with Gasteiger partial charge < -0.3 is 5.11 Å². The van der Waals surface area contributed by atoms with E-state index in [1.165, 1.54) is 6.07 Å². The minimum Gasteiger partial charge on any atom is -0.507 e. The molecule has 0 atom stereocenters. The van der Waals surface area contributed by atoms with Crippen LogP contribution in [0.4, 0.5) is 17.6 Å². The quantitative estimate of drug-likeness (QED) is 0.487. The monoisotopic (exact) mass is 413 g/mol. The molecule has 0 aliphatic carbocycles. The zero-order valence-corrected chi connectivity index (χ0v) is 16.3. The van der Waals surface area contributed by atoms with Crippen LogP contribution in [0.25, 0.3) is 11.1 Å². The summed E-state index contributed by atoms with van der Waals surface area (Å²) in [6.07, 6.45) is 1.59. The molecule has 2 nitrogen and oxygen atoms in total. The Morgan fingerprint density at radius 1 is 0.833 bits per heavy atom. The van der Waals surface area contributed by atoms with Crippen molar-refractivity contribution in [1.29, 1.82) is 5.26 Å². The van der Waals surface area contributed by atoms with Crippen LogP contribution < -0.4 is 0 Å². The van der Waals surface area contributed by atoms with E-state index in [1.54, 1.807) is 12.1 Å². The fourth-order valence-electron chi connectivity index (χ4n) is 3.42. The average Bonchev–Trinajstić information content (AvgIpc) is 2.69. The van der Waals surface area contributed by atoms with Gasteiger partial charge in [0.15, 0.2) is 0 Å². The summed E-state index contributed by atoms with van der Waals surface area (Å²) in [5.74, 6) is -4.41. The molecule has 154 valence electrons. The first-order valence-electron chi connectivity index (χ1n) is 9.52. The Bertz CT molecular complexity index is 1090. The zero-order valence-electron chi connectivity index (χ0n) is 16.3. The van der Waals surface area contributed by atoms with Crippen LogP contribution in [0.1, 0.15) is 35.6 Å². The van der Waals surface area contributed by atoms with E-state index in [2.05, 4.69) is 0 Å². The van der Waals surface area contributed by atoms with E-state index in [0.717, 1.165) is 36.6 Å². The number of hydrogen-bond donors (Lipinski definition) is 1. The molecule has 0 radical (unpaired) electrons. The molecule has 0 aliphatic heterocycles. The second-order valence-corrected chi connectivity index (χ2v) is 7.04. The molecule has 30 heavy (non-hydrogen) atoms. The van der Waals surface area contributed by atoms with Gasteiger partial charge in [-0.05, 0) is 48.1 Å². The third-order valence-corrected chi connectivity index (χ3v) is 4.95. The predicted octanol–water partition coefficient (Wildman–Crippen LogP) is 6.22. The molecule has 0 aromatic heterocycles. The van der Waals surface area contributed by atoms with Crippen molar-refractivity contribution >= 4 is 0 Å². The van der Waals surface area contributed by atoms with E-state index in [0.29, 0.717) is 5.56 Å². The Labute approximate surface area is 172 Å². The van der Waals surface area contributed by atoms with Gasteiger partial charge in [0.2, 0.25) is 0 Å². The van der Waals surface area contributed by atoms with Gasteiger partial charge in [-0.2, -0.15) is 5.26 Å². The number of halogens is 4. The lowest BCUT2D eigenvalue weighted by molar-refractivity contribution is 0.459. The van der Waals surface area contributed by atoms with E-state index >= 15 is 4.39 Å². The summed E-state index contributed by atoms with van der Waals surface area (Å²) < 4.78 is 57.0. The van der Waals surface area contributed by atoms with Crippen LogP contribution in [0, 0.1) is 34.6 Å². The number of phenols is 1. The molecule has 1 N–H and O–H groups in total. The van der Waals surface area contributed by atoms with Gasteiger partial charge >= 0.3 is 0 Å². The first-order valence-corrected chi connectivity index (χ1v) is 9.52. The third kappa shape index (κ3) is 4.30. The van der Waals surface area contributed by atoms with Crippen molar-refractivity contribution in [3.05, 3.63) is 88.0 Å². The highest BCUT2D eigenvalue weighted by Gasteiger charge is 2.20. The summed E-state index contributed by atoms with van der Waals surface area (Å²) in [5, 5.41) is 18.9. The largest absolute Gasteiger partial charge is 0.507 e. The summed E-state index contributed by atoms with van der Waals surface area (Å²) in [4.78, 5) is 0. The lowest BCUT2D eigenvalue weighted by Crippen LogP contribution is -2.03. The SMILES string of the molecule is CCCc1ccc(-c2c(O)cc(F)c(CCc3cc(F)c(C#N)c(F)c3)c2F)cc1. The number of nitrogens with zero attached hydrogens (tertiary/aromatic N) is 1. The van der Waals surface area contributed by atoms with Crippen LogP contribution in [-0.2, 0) is 19.3 Å². The highest BCUT2D eigenvalue weighted by Crippen LogP contribution is 2.36. The van der Waals surface area contributed by atoms with Crippen molar-refractivity contribution in [2.75, 3.05) is 0 Å². The second kappa shape index (κ2) is 9.00. The molecule has 0 bridgehead atoms. The molecule has 0 fully saturated rings. The maximum atomic E-state index is 15.1.